The average molecular weight is 428 g/mol. The molecule has 0 bridgehead atoms. The first-order chi connectivity index (χ1) is 14.4. The maximum atomic E-state index is 13.6. The molecule has 30 heavy (non-hydrogen) atoms. The van der Waals surface area contributed by atoms with E-state index in [4.69, 9.17) is 0 Å². The minimum Gasteiger partial charge on any atom is -0.351 e. The summed E-state index contributed by atoms with van der Waals surface area (Å²) in [6.45, 7) is 1.88. The fraction of sp³-hybridized carbons (Fsp3) is 0.143. The quantitative estimate of drug-likeness (QED) is 0.557. The molecule has 0 saturated heterocycles. The summed E-state index contributed by atoms with van der Waals surface area (Å²) in [4.78, 5) is 33.4. The fourth-order valence-electron chi connectivity index (χ4n) is 2.55. The van der Waals surface area contributed by atoms with E-state index in [1.165, 1.54) is 11.8 Å². The van der Waals surface area contributed by atoms with Gasteiger partial charge in [-0.2, -0.15) is 0 Å². The van der Waals surface area contributed by atoms with Gasteiger partial charge in [0.1, 0.15) is 11.6 Å². The normalized spacial score (nSPS) is 10.5. The number of aryl methyl sites for hydroxylation is 1. The van der Waals surface area contributed by atoms with Gasteiger partial charge in [-0.1, -0.05) is 0 Å². The van der Waals surface area contributed by atoms with Crippen LogP contribution in [0.1, 0.15) is 22.3 Å². The molecule has 3 rings (SSSR count). The first kappa shape index (κ1) is 21.4. The molecule has 0 saturated carbocycles. The molecule has 0 atom stereocenters. The van der Waals surface area contributed by atoms with Crippen LogP contribution in [0.15, 0.2) is 64.9 Å². The van der Waals surface area contributed by atoms with E-state index in [1.807, 2.05) is 19.1 Å². The Bertz CT molecular complexity index is 1060. The third-order valence-electron chi connectivity index (χ3n) is 4.04. The van der Waals surface area contributed by atoms with Crippen molar-refractivity contribution in [1.82, 2.24) is 15.3 Å². The number of aromatic nitrogens is 2. The summed E-state index contributed by atoms with van der Waals surface area (Å²) in [6, 6.07) is 9.98. The number of halogens is 2. The van der Waals surface area contributed by atoms with Gasteiger partial charge in [0.2, 0.25) is 5.91 Å². The Hall–Kier alpha value is -3.33. The number of hydrogen-bond acceptors (Lipinski definition) is 5. The number of nitrogens with one attached hydrogen (secondary N) is 2. The van der Waals surface area contributed by atoms with Crippen LogP contribution in [0.4, 0.5) is 14.5 Å². The molecule has 6 nitrogen and oxygen atoms in total. The van der Waals surface area contributed by atoms with Gasteiger partial charge in [0.25, 0.3) is 5.91 Å². The van der Waals surface area contributed by atoms with E-state index in [0.29, 0.717) is 16.9 Å². The maximum Gasteiger partial charge on any atom is 0.254 e. The van der Waals surface area contributed by atoms with Crippen molar-refractivity contribution >= 4 is 29.3 Å². The summed E-state index contributed by atoms with van der Waals surface area (Å²) in [7, 11) is 0. The minimum atomic E-state index is -0.952. The predicted molar refractivity (Wildman–Crippen MR) is 109 cm³/mol. The molecule has 0 spiro atoms. The van der Waals surface area contributed by atoms with E-state index in [-0.39, 0.29) is 24.4 Å². The van der Waals surface area contributed by atoms with Crippen LogP contribution in [-0.4, -0.2) is 28.3 Å². The molecule has 154 valence electrons. The molecule has 9 heteroatoms. The van der Waals surface area contributed by atoms with E-state index in [2.05, 4.69) is 20.6 Å². The summed E-state index contributed by atoms with van der Waals surface area (Å²) < 4.78 is 26.5. The van der Waals surface area contributed by atoms with Gasteiger partial charge in [0.05, 0.1) is 5.56 Å². The molecular weight excluding hydrogens is 410 g/mol. The third-order valence-corrected chi connectivity index (χ3v) is 4.92. The highest BCUT2D eigenvalue weighted by Crippen LogP contribution is 2.27. The smallest absolute Gasteiger partial charge is 0.254 e. The van der Waals surface area contributed by atoms with Crippen molar-refractivity contribution < 1.29 is 18.4 Å². The number of rotatable bonds is 7. The number of benzene rings is 2. The van der Waals surface area contributed by atoms with E-state index < -0.39 is 17.5 Å². The van der Waals surface area contributed by atoms with Gasteiger partial charge in [-0.25, -0.2) is 18.7 Å². The average Bonchev–Trinajstić information content (AvgIpc) is 2.71. The van der Waals surface area contributed by atoms with Gasteiger partial charge in [-0.05, 0) is 60.6 Å². The molecule has 0 fully saturated rings. The van der Waals surface area contributed by atoms with Crippen molar-refractivity contribution in [3.8, 4) is 0 Å². The highest BCUT2D eigenvalue weighted by atomic mass is 32.2. The number of hydrogen-bond donors (Lipinski definition) is 2. The van der Waals surface area contributed by atoms with Crippen LogP contribution in [-0.2, 0) is 4.79 Å². The Balaban J connectivity index is 1.50. The van der Waals surface area contributed by atoms with Crippen LogP contribution in [0, 0.1) is 18.6 Å². The van der Waals surface area contributed by atoms with Crippen molar-refractivity contribution in [1.29, 1.82) is 0 Å². The Morgan fingerprint density at radius 3 is 2.53 bits per heavy atom. The Kier molecular flexibility index (Phi) is 7.08. The Morgan fingerprint density at radius 2 is 1.83 bits per heavy atom. The van der Waals surface area contributed by atoms with Crippen LogP contribution in [0.2, 0.25) is 0 Å². The summed E-state index contributed by atoms with van der Waals surface area (Å²) in [5.74, 6) is -2.73. The lowest BCUT2D eigenvalue weighted by Crippen LogP contribution is -2.28. The molecule has 0 radical (unpaired) electrons. The zero-order chi connectivity index (χ0) is 21.5. The van der Waals surface area contributed by atoms with Crippen molar-refractivity contribution in [2.24, 2.45) is 0 Å². The zero-order valence-electron chi connectivity index (χ0n) is 16.0. The fourth-order valence-corrected chi connectivity index (χ4v) is 3.36. The van der Waals surface area contributed by atoms with Gasteiger partial charge in [0, 0.05) is 42.0 Å². The van der Waals surface area contributed by atoms with Gasteiger partial charge >= 0.3 is 0 Å². The topological polar surface area (TPSA) is 84.0 Å². The summed E-state index contributed by atoms with van der Waals surface area (Å²) >= 11 is 1.41. The van der Waals surface area contributed by atoms with E-state index in [0.717, 1.165) is 22.6 Å². The monoisotopic (exact) mass is 428 g/mol. The second-order valence-electron chi connectivity index (χ2n) is 6.29. The summed E-state index contributed by atoms with van der Waals surface area (Å²) in [5, 5.41) is 5.85. The van der Waals surface area contributed by atoms with Crippen LogP contribution in [0.25, 0.3) is 0 Å². The number of carbonyl (C=O) groups is 2. The number of carbonyl (C=O) groups excluding carboxylic acids is 2. The molecular formula is C21H18F2N4O2S. The van der Waals surface area contributed by atoms with Gasteiger partial charge in [-0.15, -0.1) is 0 Å². The van der Waals surface area contributed by atoms with E-state index >= 15 is 0 Å². The lowest BCUT2D eigenvalue weighted by atomic mass is 10.2. The lowest BCUT2D eigenvalue weighted by molar-refractivity contribution is -0.116. The first-order valence-electron chi connectivity index (χ1n) is 9.01. The number of amides is 2. The zero-order valence-corrected chi connectivity index (χ0v) is 16.8. The molecule has 2 N–H and O–H groups in total. The third kappa shape index (κ3) is 5.84. The minimum absolute atomic E-state index is 0.00233. The molecule has 0 aliphatic rings. The largest absolute Gasteiger partial charge is 0.351 e. The standard InChI is InChI=1S/C21H18F2N4O2S/c1-13-11-15(30-21-25-8-2-9-26-21)4-6-18(13)27-19(28)7-10-24-20(29)16-5-3-14(22)12-17(16)23/h2-6,8-9,11-12H,7,10H2,1H3,(H,24,29)(H,27,28). The molecule has 2 aromatic carbocycles. The summed E-state index contributed by atoms with van der Waals surface area (Å²) in [5.41, 5.74) is 1.24. The molecule has 3 aromatic rings. The Labute approximate surface area is 176 Å². The van der Waals surface area contributed by atoms with Crippen molar-refractivity contribution in [3.63, 3.8) is 0 Å². The molecule has 0 unspecified atom stereocenters. The Morgan fingerprint density at radius 1 is 1.07 bits per heavy atom. The van der Waals surface area contributed by atoms with Crippen molar-refractivity contribution in [3.05, 3.63) is 77.6 Å². The predicted octanol–water partition coefficient (Wildman–Crippen LogP) is 3.97. The highest BCUT2D eigenvalue weighted by molar-refractivity contribution is 7.99. The van der Waals surface area contributed by atoms with Gasteiger partial charge in [0.15, 0.2) is 5.16 Å². The molecule has 0 aliphatic heterocycles. The van der Waals surface area contributed by atoms with Crippen LogP contribution < -0.4 is 10.6 Å². The maximum absolute atomic E-state index is 13.6. The van der Waals surface area contributed by atoms with Crippen LogP contribution >= 0.6 is 11.8 Å². The second kappa shape index (κ2) is 9.93. The van der Waals surface area contributed by atoms with Crippen molar-refractivity contribution in [2.75, 3.05) is 11.9 Å². The lowest BCUT2D eigenvalue weighted by Gasteiger charge is -2.10. The van der Waals surface area contributed by atoms with E-state index in [1.54, 1.807) is 24.5 Å². The molecule has 1 heterocycles. The molecule has 1 aromatic heterocycles. The van der Waals surface area contributed by atoms with Crippen molar-refractivity contribution in [2.45, 2.75) is 23.4 Å². The van der Waals surface area contributed by atoms with Crippen LogP contribution in [0.5, 0.6) is 0 Å². The highest BCUT2D eigenvalue weighted by Gasteiger charge is 2.13. The molecule has 0 aliphatic carbocycles. The van der Waals surface area contributed by atoms with Gasteiger partial charge < -0.3 is 10.6 Å². The number of nitrogens with zero attached hydrogens (tertiary/aromatic N) is 2. The van der Waals surface area contributed by atoms with E-state index in [9.17, 15) is 18.4 Å². The first-order valence-corrected chi connectivity index (χ1v) is 9.82. The molecule has 2 amide bonds. The second-order valence-corrected chi connectivity index (χ2v) is 7.33. The van der Waals surface area contributed by atoms with Crippen LogP contribution in [0.3, 0.4) is 0 Å². The summed E-state index contributed by atoms with van der Waals surface area (Å²) in [6.07, 6.45) is 3.34. The SMILES string of the molecule is Cc1cc(Sc2ncccn2)ccc1NC(=O)CCNC(=O)c1ccc(F)cc1F. The number of anilines is 1. The van der Waals surface area contributed by atoms with Gasteiger partial charge in [-0.3, -0.25) is 9.59 Å².